The molecule has 0 aromatic carbocycles. The molecule has 9 nitrogen and oxygen atoms in total. The van der Waals surface area contributed by atoms with E-state index in [-0.39, 0.29) is 118 Å². The minimum Gasteiger partial charge on any atom is -0.810 e. The molecule has 1 atom stereocenters. The van der Waals surface area contributed by atoms with Gasteiger partial charge in [0.2, 0.25) is 0 Å². The van der Waals surface area contributed by atoms with E-state index in [9.17, 15) is 33.8 Å². The molecule has 15 heteroatoms. The average Bonchev–Trinajstić information content (AvgIpc) is 2.48. The second kappa shape index (κ2) is 12.8. The summed E-state index contributed by atoms with van der Waals surface area (Å²) in [6.07, 6.45) is 0.706. The van der Waals surface area contributed by atoms with Crippen LogP contribution in [0.25, 0.3) is 0 Å². The van der Waals surface area contributed by atoms with Crippen LogP contribution in [0.15, 0.2) is 18.7 Å². The summed E-state index contributed by atoms with van der Waals surface area (Å²) in [6.45, 7) is 0. The smallest absolute Gasteiger partial charge is 0.810 e. The first kappa shape index (κ1) is 31.3. The summed E-state index contributed by atoms with van der Waals surface area (Å²) in [5.41, 5.74) is 0. The van der Waals surface area contributed by atoms with Crippen LogP contribution in [-0.4, -0.2) is 20.1 Å². The van der Waals surface area contributed by atoms with Gasteiger partial charge in [-0.3, -0.25) is 0 Å². The van der Waals surface area contributed by atoms with Crippen LogP contribution < -0.4 is 138 Å². The van der Waals surface area contributed by atoms with Crippen LogP contribution in [0.4, 0.5) is 0 Å². The Morgan fingerprint density at radius 3 is 1.65 bits per heavy atom. The monoisotopic (exact) mass is 360 g/mol. The first-order chi connectivity index (χ1) is 7.14. The Kier molecular flexibility index (Phi) is 20.0. The van der Waals surface area contributed by atoms with E-state index < -0.39 is 26.8 Å². The maximum absolute atomic E-state index is 10.6. The second-order valence-corrected chi connectivity index (χ2v) is 6.60. The van der Waals surface area contributed by atoms with Gasteiger partial charge in [-0.2, -0.15) is 0 Å². The fourth-order valence-electron chi connectivity index (χ4n) is 1.08. The van der Waals surface area contributed by atoms with Crippen LogP contribution in [0.3, 0.4) is 0 Å². The molecule has 1 aromatic rings. The number of rotatable bonds is 4. The van der Waals surface area contributed by atoms with Crippen LogP contribution in [0.1, 0.15) is 6.23 Å². The standard InChI is InChI=1S/C5H10N2O7P2.4Na/c8-4(7-2-1-6-3-7)5(15(9,10)11)16(12,13)14;;;;/h1-5,8H,(H2,9,10,11)(H2,12,13,14);;;;/q;4*+1/p-4. The van der Waals surface area contributed by atoms with Gasteiger partial charge in [0.25, 0.3) is 0 Å². The normalized spacial score (nSPS) is 12.3. The Morgan fingerprint density at radius 1 is 1.00 bits per heavy atom. The summed E-state index contributed by atoms with van der Waals surface area (Å²) in [7, 11) is -11.6. The Hall–Kier alpha value is 3.47. The Balaban J connectivity index is -0.000000320. The molecular formula is C5H6N2Na4O7P2. The molecule has 1 N–H and O–H groups in total. The van der Waals surface area contributed by atoms with Crippen molar-refractivity contribution in [3.8, 4) is 0 Å². The van der Waals surface area contributed by atoms with Crippen molar-refractivity contribution >= 4 is 15.2 Å². The van der Waals surface area contributed by atoms with Gasteiger partial charge in [0.1, 0.15) is 6.23 Å². The van der Waals surface area contributed by atoms with Crippen molar-refractivity contribution in [2.75, 3.05) is 0 Å². The van der Waals surface area contributed by atoms with Gasteiger partial charge in [-0.25, -0.2) is 4.98 Å². The zero-order valence-electron chi connectivity index (χ0n) is 11.6. The summed E-state index contributed by atoms with van der Waals surface area (Å²) in [4.78, 5) is 45.9. The fourth-order valence-corrected chi connectivity index (χ4v) is 3.43. The van der Waals surface area contributed by atoms with Crippen molar-refractivity contribution in [1.82, 2.24) is 9.55 Å². The van der Waals surface area contributed by atoms with Crippen LogP contribution in [0.2, 0.25) is 0 Å². The second-order valence-electron chi connectivity index (χ2n) is 2.92. The van der Waals surface area contributed by atoms with Gasteiger partial charge in [0.15, 0.2) is 0 Å². The summed E-state index contributed by atoms with van der Waals surface area (Å²) < 4.78 is 21.9. The van der Waals surface area contributed by atoms with Gasteiger partial charge in [-0.15, -0.1) is 0 Å². The fraction of sp³-hybridized carbons (Fsp3) is 0.400. The van der Waals surface area contributed by atoms with E-state index in [0.29, 0.717) is 4.57 Å². The molecule has 92 valence electrons. The zero-order chi connectivity index (χ0) is 12.6. The zero-order valence-corrected chi connectivity index (χ0v) is 21.4. The maximum atomic E-state index is 10.6. The number of hydrogen-bond donors (Lipinski definition) is 1. The molecule has 1 heterocycles. The van der Waals surface area contributed by atoms with Crippen molar-refractivity contribution in [2.24, 2.45) is 0 Å². The van der Waals surface area contributed by atoms with Crippen LogP contribution in [0.5, 0.6) is 0 Å². The van der Waals surface area contributed by atoms with Gasteiger partial charge in [-0.1, -0.05) is 15.2 Å². The third kappa shape index (κ3) is 9.69. The van der Waals surface area contributed by atoms with Crippen molar-refractivity contribution in [1.29, 1.82) is 0 Å². The Morgan fingerprint density at radius 2 is 1.40 bits per heavy atom. The third-order valence-electron chi connectivity index (χ3n) is 1.74. The number of nitrogens with zero attached hydrogens (tertiary/aromatic N) is 2. The molecule has 1 aromatic heterocycles. The number of aromatic nitrogens is 2. The molecule has 0 aliphatic heterocycles. The van der Waals surface area contributed by atoms with Gasteiger partial charge in [0.05, 0.1) is 11.7 Å². The average molecular weight is 360 g/mol. The molecule has 0 bridgehead atoms. The van der Waals surface area contributed by atoms with Crippen molar-refractivity contribution < 1.29 is 152 Å². The molecule has 0 saturated carbocycles. The summed E-state index contributed by atoms with van der Waals surface area (Å²) >= 11 is 0. The van der Waals surface area contributed by atoms with Crippen LogP contribution in [0, 0.1) is 0 Å². The van der Waals surface area contributed by atoms with Gasteiger partial charge >= 0.3 is 118 Å². The third-order valence-corrected chi connectivity index (χ3v) is 5.27. The molecule has 20 heavy (non-hydrogen) atoms. The van der Waals surface area contributed by atoms with Crippen molar-refractivity contribution in [2.45, 2.75) is 11.6 Å². The number of aliphatic hydroxyl groups is 1. The van der Waals surface area contributed by atoms with Gasteiger partial charge in [-0.05, 0) is 0 Å². The van der Waals surface area contributed by atoms with E-state index in [2.05, 4.69) is 4.98 Å². The van der Waals surface area contributed by atoms with Crippen molar-refractivity contribution in [3.05, 3.63) is 18.7 Å². The molecule has 0 saturated heterocycles. The molecule has 1 rings (SSSR count). The SMILES string of the molecule is O=P([O-])([O-])C(C(O)n1ccnc1)P(=O)([O-])[O-].[Na+].[Na+].[Na+].[Na+]. The Labute approximate surface area is 203 Å². The molecule has 1 unspecified atom stereocenters. The van der Waals surface area contributed by atoms with Crippen LogP contribution >= 0.6 is 15.2 Å². The largest absolute Gasteiger partial charge is 1.00 e. The van der Waals surface area contributed by atoms with E-state index in [1.54, 1.807) is 0 Å². The quantitative estimate of drug-likeness (QED) is 0.408. The number of hydrogen-bond acceptors (Lipinski definition) is 8. The first-order valence-electron chi connectivity index (χ1n) is 3.83. The predicted octanol–water partition coefficient (Wildman–Crippen LogP) is -15.5. The summed E-state index contributed by atoms with van der Waals surface area (Å²) in [5.74, 6) is 0. The molecule has 0 aliphatic rings. The molecule has 0 spiro atoms. The van der Waals surface area contributed by atoms with Crippen LogP contribution in [-0.2, 0) is 9.13 Å². The Bertz CT molecular complexity index is 426. The minimum atomic E-state index is -5.78. The topological polar surface area (TPSA) is 164 Å². The molecule has 0 fully saturated rings. The van der Waals surface area contributed by atoms with Gasteiger partial charge in [0, 0.05) is 12.4 Å². The van der Waals surface area contributed by atoms with Crippen molar-refractivity contribution in [3.63, 3.8) is 0 Å². The summed E-state index contributed by atoms with van der Waals surface area (Å²) in [5, 5.41) is 6.37. The van der Waals surface area contributed by atoms with Gasteiger partial charge < -0.3 is 38.4 Å². The molecule has 0 aliphatic carbocycles. The maximum Gasteiger partial charge on any atom is 1.00 e. The first-order valence-corrected chi connectivity index (χ1v) is 7.05. The molecule has 0 radical (unpaired) electrons. The van der Waals surface area contributed by atoms with E-state index >= 15 is 0 Å². The van der Waals surface area contributed by atoms with E-state index in [0.717, 1.165) is 18.7 Å². The number of imidazole rings is 1. The minimum absolute atomic E-state index is 0. The van der Waals surface area contributed by atoms with E-state index in [4.69, 9.17) is 0 Å². The molecular weight excluding hydrogens is 354 g/mol. The molecule has 0 amide bonds. The van der Waals surface area contributed by atoms with E-state index in [1.165, 1.54) is 0 Å². The number of aliphatic hydroxyl groups excluding tert-OH is 1. The summed E-state index contributed by atoms with van der Waals surface area (Å²) in [6, 6.07) is 0. The van der Waals surface area contributed by atoms with E-state index in [1.807, 2.05) is 0 Å². The predicted molar refractivity (Wildman–Crippen MR) is 42.5 cm³/mol.